The average molecular weight is 640 g/mol. The summed E-state index contributed by atoms with van der Waals surface area (Å²) in [5.41, 5.74) is 10.2. The van der Waals surface area contributed by atoms with Crippen LogP contribution in [0.15, 0.2) is 91.0 Å². The van der Waals surface area contributed by atoms with Crippen LogP contribution in [0.3, 0.4) is 0 Å². The molecule has 0 amide bonds. The highest BCUT2D eigenvalue weighted by Gasteiger charge is 2.30. The molecule has 39 heavy (non-hydrogen) atoms. The van der Waals surface area contributed by atoms with Crippen molar-refractivity contribution in [1.82, 2.24) is 0 Å². The summed E-state index contributed by atoms with van der Waals surface area (Å²) < 4.78 is 0. The normalized spacial score (nSPS) is 11.3. The van der Waals surface area contributed by atoms with Gasteiger partial charge < -0.3 is 5.73 Å². The lowest BCUT2D eigenvalue weighted by Crippen LogP contribution is -2.30. The van der Waals surface area contributed by atoms with E-state index in [1.165, 1.54) is 107 Å². The lowest BCUT2D eigenvalue weighted by molar-refractivity contribution is 0.243. The van der Waals surface area contributed by atoms with Gasteiger partial charge in [-0.15, -0.1) is 24.0 Å². The molecule has 0 heterocycles. The Balaban J connectivity index is 0.00000533. The van der Waals surface area contributed by atoms with Gasteiger partial charge in [0, 0.05) is 0 Å². The van der Waals surface area contributed by atoms with Crippen molar-refractivity contribution < 1.29 is 0 Å². The summed E-state index contributed by atoms with van der Waals surface area (Å²) in [7, 11) is 0. The van der Waals surface area contributed by atoms with Crippen LogP contribution in [0.1, 0.15) is 107 Å². The molecule has 0 saturated heterocycles. The Morgan fingerprint density at radius 2 is 0.667 bits per heavy atom. The van der Waals surface area contributed by atoms with Gasteiger partial charge in [-0.1, -0.05) is 168 Å². The minimum absolute atomic E-state index is 0. The van der Waals surface area contributed by atoms with Crippen LogP contribution in [0.4, 0.5) is 0 Å². The first kappa shape index (κ1) is 33.6. The van der Waals surface area contributed by atoms with Gasteiger partial charge in [0.1, 0.15) is 0 Å². The number of benzene rings is 3. The number of hydrogen-bond acceptors (Lipinski definition) is 1. The smallest absolute Gasteiger partial charge is 0.00773 e. The highest BCUT2D eigenvalue weighted by Crippen LogP contribution is 2.37. The fourth-order valence-corrected chi connectivity index (χ4v) is 6.13. The van der Waals surface area contributed by atoms with E-state index in [9.17, 15) is 0 Å². The van der Waals surface area contributed by atoms with Gasteiger partial charge in [-0.2, -0.15) is 0 Å². The first-order valence-electron chi connectivity index (χ1n) is 15.6. The van der Waals surface area contributed by atoms with Gasteiger partial charge in [0.05, 0.1) is 0 Å². The zero-order valence-corrected chi connectivity index (χ0v) is 26.7. The van der Waals surface area contributed by atoms with E-state index in [-0.39, 0.29) is 29.4 Å². The third kappa shape index (κ3) is 14.5. The molecule has 3 aromatic carbocycles. The van der Waals surface area contributed by atoms with E-state index in [1.807, 2.05) is 0 Å². The standard InChI is InChI=1S/C37H53N.HI/c38-30-22-11-9-7-5-3-1-2-4-6-8-10-21-29-37(31-34-23-15-12-16-24-34,32-35-25-17-13-18-26-35)33-36-27-19-14-20-28-36;/h12-20,23-28H,1-11,21-22,29-33,38H2;1H. The fraction of sp³-hybridized carbons (Fsp3) is 0.514. The Kier molecular flexibility index (Phi) is 18.2. The van der Waals surface area contributed by atoms with Crippen LogP contribution < -0.4 is 5.73 Å². The van der Waals surface area contributed by atoms with Crippen LogP contribution in [0.2, 0.25) is 0 Å². The number of rotatable bonds is 21. The maximum atomic E-state index is 5.58. The number of hydrogen-bond donors (Lipinski definition) is 1. The summed E-state index contributed by atoms with van der Waals surface area (Å²) >= 11 is 0. The van der Waals surface area contributed by atoms with Crippen LogP contribution in [-0.2, 0) is 19.3 Å². The van der Waals surface area contributed by atoms with Gasteiger partial charge >= 0.3 is 0 Å². The Labute approximate surface area is 257 Å². The molecule has 0 unspecified atom stereocenters. The summed E-state index contributed by atoms with van der Waals surface area (Å²) in [5.74, 6) is 0. The van der Waals surface area contributed by atoms with E-state index in [4.69, 9.17) is 5.73 Å². The van der Waals surface area contributed by atoms with E-state index in [0.717, 1.165) is 25.8 Å². The first-order valence-corrected chi connectivity index (χ1v) is 15.6. The second-order valence-corrected chi connectivity index (χ2v) is 11.6. The third-order valence-electron chi connectivity index (χ3n) is 8.18. The lowest BCUT2D eigenvalue weighted by atomic mass is 9.69. The third-order valence-corrected chi connectivity index (χ3v) is 8.18. The quantitative estimate of drug-likeness (QED) is 0.0911. The maximum absolute atomic E-state index is 5.58. The maximum Gasteiger partial charge on any atom is -0.00773 e. The number of nitrogens with two attached hydrogens (primary N) is 1. The molecular formula is C37H54IN. The molecule has 0 saturated carbocycles. The highest BCUT2D eigenvalue weighted by atomic mass is 127. The first-order chi connectivity index (χ1) is 18.8. The van der Waals surface area contributed by atoms with Crippen LogP contribution in [0.25, 0.3) is 0 Å². The molecule has 0 spiro atoms. The van der Waals surface area contributed by atoms with E-state index in [1.54, 1.807) is 0 Å². The Morgan fingerprint density at radius 3 is 0.974 bits per heavy atom. The van der Waals surface area contributed by atoms with Crippen molar-refractivity contribution in [3.8, 4) is 0 Å². The monoisotopic (exact) mass is 639 g/mol. The summed E-state index contributed by atoms with van der Waals surface area (Å²) in [4.78, 5) is 0. The molecule has 2 N–H and O–H groups in total. The second kappa shape index (κ2) is 21.1. The zero-order valence-electron chi connectivity index (χ0n) is 24.4. The molecular weight excluding hydrogens is 585 g/mol. The molecule has 214 valence electrons. The molecule has 3 rings (SSSR count). The minimum Gasteiger partial charge on any atom is -0.330 e. The van der Waals surface area contributed by atoms with E-state index in [2.05, 4.69) is 91.0 Å². The molecule has 0 aliphatic rings. The second-order valence-electron chi connectivity index (χ2n) is 11.6. The van der Waals surface area contributed by atoms with Crippen molar-refractivity contribution in [3.63, 3.8) is 0 Å². The van der Waals surface area contributed by atoms with E-state index in [0.29, 0.717) is 0 Å². The van der Waals surface area contributed by atoms with Gasteiger partial charge in [-0.3, -0.25) is 0 Å². The van der Waals surface area contributed by atoms with Gasteiger partial charge in [-0.25, -0.2) is 0 Å². The molecule has 0 aliphatic heterocycles. The number of halogens is 1. The summed E-state index contributed by atoms with van der Waals surface area (Å²) in [6.45, 7) is 0.855. The lowest BCUT2D eigenvalue weighted by Gasteiger charge is -2.35. The van der Waals surface area contributed by atoms with E-state index < -0.39 is 0 Å². The molecule has 3 aromatic rings. The zero-order chi connectivity index (χ0) is 26.6. The Bertz CT molecular complexity index is 840. The Morgan fingerprint density at radius 1 is 0.385 bits per heavy atom. The van der Waals surface area contributed by atoms with Crippen molar-refractivity contribution >= 4 is 24.0 Å². The van der Waals surface area contributed by atoms with Crippen molar-refractivity contribution in [2.24, 2.45) is 11.1 Å². The van der Waals surface area contributed by atoms with Crippen molar-refractivity contribution in [2.45, 2.75) is 109 Å². The average Bonchev–Trinajstić information content (AvgIpc) is 2.95. The van der Waals surface area contributed by atoms with Gasteiger partial charge in [0.25, 0.3) is 0 Å². The van der Waals surface area contributed by atoms with Gasteiger partial charge in [0.15, 0.2) is 0 Å². The molecule has 0 aromatic heterocycles. The van der Waals surface area contributed by atoms with Gasteiger partial charge in [0.2, 0.25) is 0 Å². The van der Waals surface area contributed by atoms with Crippen molar-refractivity contribution in [1.29, 1.82) is 0 Å². The molecule has 0 aliphatic carbocycles. The molecule has 0 fully saturated rings. The fourth-order valence-electron chi connectivity index (χ4n) is 6.13. The van der Waals surface area contributed by atoms with Crippen molar-refractivity contribution in [3.05, 3.63) is 108 Å². The largest absolute Gasteiger partial charge is 0.330 e. The summed E-state index contributed by atoms with van der Waals surface area (Å²) in [6, 6.07) is 33.6. The minimum atomic E-state index is 0. The van der Waals surface area contributed by atoms with Gasteiger partial charge in [-0.05, 0) is 60.8 Å². The molecule has 0 bridgehead atoms. The van der Waals surface area contributed by atoms with Crippen LogP contribution in [0.5, 0.6) is 0 Å². The Hall–Kier alpha value is -1.65. The predicted octanol–water partition coefficient (Wildman–Crippen LogP) is 10.7. The summed E-state index contributed by atoms with van der Waals surface area (Å²) in [6.07, 6.45) is 22.6. The van der Waals surface area contributed by atoms with Crippen LogP contribution in [-0.4, -0.2) is 6.54 Å². The molecule has 0 atom stereocenters. The summed E-state index contributed by atoms with van der Waals surface area (Å²) in [5, 5.41) is 0. The van der Waals surface area contributed by atoms with Crippen molar-refractivity contribution in [2.75, 3.05) is 6.54 Å². The van der Waals surface area contributed by atoms with E-state index >= 15 is 0 Å². The molecule has 2 heteroatoms. The number of unbranched alkanes of at least 4 members (excludes halogenated alkanes) is 12. The molecule has 1 nitrogen and oxygen atoms in total. The highest BCUT2D eigenvalue weighted by molar-refractivity contribution is 14.0. The predicted molar refractivity (Wildman–Crippen MR) is 182 cm³/mol. The molecule has 0 radical (unpaired) electrons. The van der Waals surface area contributed by atoms with Crippen LogP contribution >= 0.6 is 24.0 Å². The van der Waals surface area contributed by atoms with Crippen LogP contribution in [0, 0.1) is 5.41 Å². The SMILES string of the molecule is I.NCCCCCCCCCCCCCCCC(Cc1ccccc1)(Cc1ccccc1)Cc1ccccc1. The topological polar surface area (TPSA) is 26.0 Å².